The molecule has 2 aliphatic heterocycles. The molecule has 12 heteroatoms. The van der Waals surface area contributed by atoms with Crippen LogP contribution in [0.25, 0.3) is 0 Å². The summed E-state index contributed by atoms with van der Waals surface area (Å²) in [7, 11) is 1.41. The number of aromatic hydroxyl groups is 1. The summed E-state index contributed by atoms with van der Waals surface area (Å²) in [4.78, 5) is 78.5. The predicted molar refractivity (Wildman–Crippen MR) is 139 cm³/mol. The average molecular weight is 569 g/mol. The quantitative estimate of drug-likeness (QED) is 0.278. The molecule has 0 radical (unpaired) electrons. The second kappa shape index (κ2) is 11.0. The fourth-order valence-corrected chi connectivity index (χ4v) is 7.21. The number of nitrogens with zero attached hydrogens (tertiary/aromatic N) is 2. The molecule has 6 atom stereocenters. The van der Waals surface area contributed by atoms with Gasteiger partial charge in [-0.1, -0.05) is 17.7 Å². The van der Waals surface area contributed by atoms with Gasteiger partial charge in [-0.15, -0.1) is 0 Å². The van der Waals surface area contributed by atoms with E-state index >= 15 is 0 Å². The molecule has 4 amide bonds. The van der Waals surface area contributed by atoms with Gasteiger partial charge in [0.25, 0.3) is 0 Å². The van der Waals surface area contributed by atoms with Crippen molar-refractivity contribution in [1.82, 2.24) is 9.80 Å². The molecule has 5 rings (SSSR count). The molecule has 0 bridgehead atoms. The summed E-state index contributed by atoms with van der Waals surface area (Å²) in [5, 5.41) is 28.6. The van der Waals surface area contributed by atoms with Crippen molar-refractivity contribution in [3.8, 4) is 11.5 Å². The molecule has 1 aromatic carbocycles. The van der Waals surface area contributed by atoms with Crippen LogP contribution >= 0.6 is 0 Å². The Labute approximate surface area is 235 Å². The largest absolute Gasteiger partial charge is 0.504 e. The van der Waals surface area contributed by atoms with E-state index in [0.29, 0.717) is 5.56 Å². The fraction of sp³-hybridized carbons (Fsp3) is 0.517. The number of aliphatic carboxylic acids is 2. The van der Waals surface area contributed by atoms with Crippen molar-refractivity contribution in [2.45, 2.75) is 44.4 Å². The summed E-state index contributed by atoms with van der Waals surface area (Å²) in [6.45, 7) is -0.0439. The van der Waals surface area contributed by atoms with Crippen LogP contribution in [0.15, 0.2) is 29.8 Å². The number of imide groups is 2. The third-order valence-electron chi connectivity index (χ3n) is 8.94. The average Bonchev–Trinajstić information content (AvgIpc) is 3.31. The van der Waals surface area contributed by atoms with Crippen molar-refractivity contribution in [3.05, 3.63) is 35.4 Å². The van der Waals surface area contributed by atoms with E-state index in [9.17, 15) is 33.9 Å². The minimum Gasteiger partial charge on any atom is -0.504 e. The number of phenols is 1. The van der Waals surface area contributed by atoms with Crippen molar-refractivity contribution in [1.29, 1.82) is 0 Å². The first-order valence-electron chi connectivity index (χ1n) is 13.8. The van der Waals surface area contributed by atoms with Crippen LogP contribution in [0.4, 0.5) is 0 Å². The van der Waals surface area contributed by atoms with Gasteiger partial charge >= 0.3 is 11.9 Å². The standard InChI is InChI=1S/C29H32N2O10/c1-41-20-9-6-14(12-19(20)32)23-15-7-8-16-24(28(39)30(26(16)37)10-2-4-21(33)34)17(15)13-18-25(23)29(40)31(27(18)38)11-3-5-22(35)36/h6-7,9,12,16-18,23-25,32H,2-5,8,10-11,13H2,1H3,(H,33,34)(H,35,36). The van der Waals surface area contributed by atoms with Gasteiger partial charge in [0.15, 0.2) is 11.5 Å². The third-order valence-corrected chi connectivity index (χ3v) is 8.94. The maximum atomic E-state index is 13.7. The molecule has 0 spiro atoms. The smallest absolute Gasteiger partial charge is 0.303 e. The van der Waals surface area contributed by atoms with Crippen molar-refractivity contribution in [2.24, 2.45) is 29.6 Å². The predicted octanol–water partition coefficient (Wildman–Crippen LogP) is 1.77. The summed E-state index contributed by atoms with van der Waals surface area (Å²) >= 11 is 0. The summed E-state index contributed by atoms with van der Waals surface area (Å²) in [6.07, 6.45) is 2.18. The number of hydrogen-bond donors (Lipinski definition) is 3. The number of allylic oxidation sites excluding steroid dienone is 2. The first kappa shape index (κ1) is 28.3. The lowest BCUT2D eigenvalue weighted by Gasteiger charge is -2.44. The highest BCUT2D eigenvalue weighted by molar-refractivity contribution is 6.08. The van der Waals surface area contributed by atoms with Crippen LogP contribution in [0.1, 0.15) is 50.0 Å². The summed E-state index contributed by atoms with van der Waals surface area (Å²) < 4.78 is 5.17. The third kappa shape index (κ3) is 4.85. The Morgan fingerprint density at radius 1 is 0.854 bits per heavy atom. The van der Waals surface area contributed by atoms with Crippen molar-refractivity contribution in [3.63, 3.8) is 0 Å². The molecule has 6 unspecified atom stereocenters. The van der Waals surface area contributed by atoms with Crippen LogP contribution in [-0.4, -0.2) is 80.9 Å². The van der Waals surface area contributed by atoms with E-state index in [1.54, 1.807) is 12.1 Å². The molecule has 1 aromatic rings. The Kier molecular flexibility index (Phi) is 7.58. The van der Waals surface area contributed by atoms with Gasteiger partial charge in [-0.2, -0.15) is 0 Å². The molecular formula is C29H32N2O10. The Morgan fingerprint density at radius 3 is 2.00 bits per heavy atom. The number of benzene rings is 1. The molecule has 3 fully saturated rings. The molecule has 4 aliphatic rings. The molecule has 218 valence electrons. The van der Waals surface area contributed by atoms with Gasteiger partial charge in [-0.05, 0) is 49.3 Å². The molecule has 2 aliphatic carbocycles. The molecule has 3 N–H and O–H groups in total. The number of phenolic OH excluding ortho intramolecular Hbond substituents is 1. The number of likely N-dealkylation sites (tertiary alicyclic amines) is 2. The number of methoxy groups -OCH3 is 1. The second-order valence-corrected chi connectivity index (χ2v) is 11.1. The lowest BCUT2D eigenvalue weighted by atomic mass is 9.57. The maximum absolute atomic E-state index is 13.7. The lowest BCUT2D eigenvalue weighted by molar-refractivity contribution is -0.143. The van der Waals surface area contributed by atoms with E-state index in [4.69, 9.17) is 14.9 Å². The van der Waals surface area contributed by atoms with Crippen LogP contribution in [-0.2, 0) is 28.8 Å². The van der Waals surface area contributed by atoms with Crippen molar-refractivity contribution < 1.29 is 48.8 Å². The van der Waals surface area contributed by atoms with E-state index in [-0.39, 0.29) is 69.0 Å². The number of ether oxygens (including phenoxy) is 1. The van der Waals surface area contributed by atoms with E-state index in [1.165, 1.54) is 13.2 Å². The number of hydrogen-bond acceptors (Lipinski definition) is 8. The minimum atomic E-state index is -1.03. The first-order valence-corrected chi connectivity index (χ1v) is 13.8. The van der Waals surface area contributed by atoms with Gasteiger partial charge in [0.1, 0.15) is 0 Å². The van der Waals surface area contributed by atoms with Crippen LogP contribution in [0.5, 0.6) is 11.5 Å². The van der Waals surface area contributed by atoms with Crippen LogP contribution in [0.3, 0.4) is 0 Å². The number of carboxylic acid groups (broad SMARTS) is 2. The van der Waals surface area contributed by atoms with E-state index < -0.39 is 65.2 Å². The Hall–Kier alpha value is -4.22. The number of carbonyl (C=O) groups excluding carboxylic acids is 4. The highest BCUT2D eigenvalue weighted by Crippen LogP contribution is 2.58. The number of fused-ring (bicyclic) bond motifs is 4. The molecule has 12 nitrogen and oxygen atoms in total. The lowest BCUT2D eigenvalue weighted by Crippen LogP contribution is -2.43. The normalized spacial score (nSPS) is 28.8. The molecule has 2 heterocycles. The molecule has 1 saturated carbocycles. The Balaban J connectivity index is 1.52. The fourth-order valence-electron chi connectivity index (χ4n) is 7.21. The SMILES string of the molecule is COc1ccc(C2C3=CCC4C(=O)N(CCCC(=O)O)C(=O)C4C3CC3C(=O)N(CCCC(=O)O)C(=O)C32)cc1O. The van der Waals surface area contributed by atoms with Gasteiger partial charge in [0.2, 0.25) is 23.6 Å². The molecule has 0 aromatic heterocycles. The molecular weight excluding hydrogens is 536 g/mol. The van der Waals surface area contributed by atoms with Crippen molar-refractivity contribution >= 4 is 35.6 Å². The maximum Gasteiger partial charge on any atom is 0.303 e. The summed E-state index contributed by atoms with van der Waals surface area (Å²) in [6, 6.07) is 4.76. The Bertz CT molecular complexity index is 1350. The topological polar surface area (TPSA) is 179 Å². The Morgan fingerprint density at radius 2 is 1.44 bits per heavy atom. The van der Waals surface area contributed by atoms with Gasteiger partial charge in [-0.25, -0.2) is 0 Å². The molecule has 2 saturated heterocycles. The van der Waals surface area contributed by atoms with E-state index in [2.05, 4.69) is 0 Å². The second-order valence-electron chi connectivity index (χ2n) is 11.1. The zero-order valence-electron chi connectivity index (χ0n) is 22.5. The van der Waals surface area contributed by atoms with Gasteiger partial charge in [-0.3, -0.25) is 38.6 Å². The number of carboxylic acids is 2. The molecule has 41 heavy (non-hydrogen) atoms. The van der Waals surface area contributed by atoms with Crippen LogP contribution < -0.4 is 4.74 Å². The first-order chi connectivity index (χ1) is 19.5. The summed E-state index contributed by atoms with van der Waals surface area (Å²) in [5.74, 6) is -7.71. The van der Waals surface area contributed by atoms with Gasteiger partial charge in [0, 0.05) is 31.8 Å². The monoisotopic (exact) mass is 568 g/mol. The zero-order chi connectivity index (χ0) is 29.6. The van der Waals surface area contributed by atoms with Crippen molar-refractivity contribution in [2.75, 3.05) is 20.2 Å². The zero-order valence-corrected chi connectivity index (χ0v) is 22.5. The van der Waals surface area contributed by atoms with E-state index in [0.717, 1.165) is 15.4 Å². The summed E-state index contributed by atoms with van der Waals surface area (Å²) in [5.41, 5.74) is 1.33. The number of carbonyl (C=O) groups is 6. The van der Waals surface area contributed by atoms with E-state index in [1.807, 2.05) is 6.08 Å². The minimum absolute atomic E-state index is 0.00434. The van der Waals surface area contributed by atoms with Crippen LogP contribution in [0, 0.1) is 29.6 Å². The number of amides is 4. The van der Waals surface area contributed by atoms with Crippen LogP contribution in [0.2, 0.25) is 0 Å². The highest BCUT2D eigenvalue weighted by atomic mass is 16.5. The highest BCUT2D eigenvalue weighted by Gasteiger charge is 2.61. The number of rotatable bonds is 10. The van der Waals surface area contributed by atoms with Gasteiger partial charge in [0.05, 0.1) is 30.8 Å². The van der Waals surface area contributed by atoms with Gasteiger partial charge < -0.3 is 20.1 Å².